The van der Waals surface area contributed by atoms with Crippen molar-refractivity contribution in [2.45, 2.75) is 5.66 Å². The van der Waals surface area contributed by atoms with Crippen LogP contribution in [0.25, 0.3) is 5.95 Å². The maximum absolute atomic E-state index is 5.68. The molecule has 0 saturated carbocycles. The summed E-state index contributed by atoms with van der Waals surface area (Å²) in [6.07, 6.45) is 3.34. The Bertz CT molecular complexity index is 494. The van der Waals surface area contributed by atoms with E-state index in [1.54, 1.807) is 18.5 Å². The van der Waals surface area contributed by atoms with Crippen LogP contribution in [0.5, 0.6) is 0 Å². The maximum atomic E-state index is 5.68. The van der Waals surface area contributed by atoms with Crippen LogP contribution in [-0.2, 0) is 0 Å². The molecule has 9 nitrogen and oxygen atoms in total. The Morgan fingerprint density at radius 3 is 2.24 bits per heavy atom. The Hall–Kier alpha value is -2.13. The van der Waals surface area contributed by atoms with Crippen LogP contribution in [0.1, 0.15) is 0 Å². The number of hydrogen-bond acceptors (Lipinski definition) is 8. The third kappa shape index (κ3) is 1.81. The molecule has 1 saturated heterocycles. The molecule has 0 aromatic carbocycles. The summed E-state index contributed by atoms with van der Waals surface area (Å²) in [5, 5.41) is 19.7. The van der Waals surface area contributed by atoms with Crippen LogP contribution < -0.4 is 16.4 Å². The standard InChI is InChI=1S/C8H11N9/c9-8(10)4-16(5-8)6-12-14-7(15-13-6)17-3-1-2-11-17/h1-3H,4-5,9-10H2. The van der Waals surface area contributed by atoms with Crippen molar-refractivity contribution in [1.29, 1.82) is 0 Å². The van der Waals surface area contributed by atoms with Crippen LogP contribution in [0.2, 0.25) is 0 Å². The molecule has 0 aliphatic carbocycles. The summed E-state index contributed by atoms with van der Waals surface area (Å²) in [7, 11) is 0. The van der Waals surface area contributed by atoms with E-state index in [2.05, 4.69) is 25.5 Å². The molecular weight excluding hydrogens is 222 g/mol. The topological polar surface area (TPSA) is 125 Å². The number of nitrogens with two attached hydrogens (primary N) is 2. The summed E-state index contributed by atoms with van der Waals surface area (Å²) in [6, 6.07) is 1.77. The molecule has 0 spiro atoms. The summed E-state index contributed by atoms with van der Waals surface area (Å²) in [6.45, 7) is 0.995. The van der Waals surface area contributed by atoms with Crippen LogP contribution >= 0.6 is 0 Å². The highest BCUT2D eigenvalue weighted by molar-refractivity contribution is 5.35. The van der Waals surface area contributed by atoms with E-state index < -0.39 is 5.66 Å². The Labute approximate surface area is 96.4 Å². The monoisotopic (exact) mass is 233 g/mol. The van der Waals surface area contributed by atoms with Gasteiger partial charge in [-0.15, -0.1) is 20.4 Å². The molecule has 3 rings (SSSR count). The van der Waals surface area contributed by atoms with Gasteiger partial charge in [0.25, 0.3) is 11.9 Å². The molecule has 1 aliphatic rings. The van der Waals surface area contributed by atoms with Crippen LogP contribution in [0.3, 0.4) is 0 Å². The molecule has 2 aromatic heterocycles. The molecule has 0 atom stereocenters. The van der Waals surface area contributed by atoms with Gasteiger partial charge in [0.1, 0.15) is 0 Å². The van der Waals surface area contributed by atoms with Crippen molar-refractivity contribution in [2.24, 2.45) is 11.5 Å². The van der Waals surface area contributed by atoms with Crippen molar-refractivity contribution in [3.8, 4) is 5.95 Å². The van der Waals surface area contributed by atoms with E-state index >= 15 is 0 Å². The predicted octanol–water partition coefficient (Wildman–Crippen LogP) is -2.11. The number of aromatic nitrogens is 6. The van der Waals surface area contributed by atoms with E-state index in [9.17, 15) is 0 Å². The van der Waals surface area contributed by atoms with Gasteiger partial charge < -0.3 is 16.4 Å². The van der Waals surface area contributed by atoms with Crippen molar-refractivity contribution >= 4 is 5.95 Å². The maximum Gasteiger partial charge on any atom is 0.289 e. The summed E-state index contributed by atoms with van der Waals surface area (Å²) in [5.74, 6) is 0.749. The largest absolute Gasteiger partial charge is 0.332 e. The van der Waals surface area contributed by atoms with Crippen molar-refractivity contribution in [3.05, 3.63) is 18.5 Å². The van der Waals surface area contributed by atoms with Gasteiger partial charge in [-0.25, -0.2) is 4.68 Å². The predicted molar refractivity (Wildman–Crippen MR) is 58.1 cm³/mol. The minimum Gasteiger partial charge on any atom is -0.332 e. The molecule has 0 unspecified atom stereocenters. The number of hydrogen-bond donors (Lipinski definition) is 2. The van der Waals surface area contributed by atoms with E-state index in [0.717, 1.165) is 0 Å². The Morgan fingerprint density at radius 1 is 1.06 bits per heavy atom. The molecule has 1 fully saturated rings. The third-order valence-corrected chi connectivity index (χ3v) is 2.42. The molecule has 17 heavy (non-hydrogen) atoms. The fraction of sp³-hybridized carbons (Fsp3) is 0.375. The average molecular weight is 233 g/mol. The zero-order valence-electron chi connectivity index (χ0n) is 8.93. The molecule has 0 radical (unpaired) electrons. The van der Waals surface area contributed by atoms with Gasteiger partial charge >= 0.3 is 0 Å². The van der Waals surface area contributed by atoms with Crippen LogP contribution in [0.4, 0.5) is 5.95 Å². The first kappa shape index (κ1) is 10.1. The molecule has 1 aliphatic heterocycles. The highest BCUT2D eigenvalue weighted by Gasteiger charge is 2.37. The van der Waals surface area contributed by atoms with Crippen molar-refractivity contribution in [3.63, 3.8) is 0 Å². The Kier molecular flexibility index (Phi) is 2.03. The van der Waals surface area contributed by atoms with Crippen LogP contribution in [0, 0.1) is 0 Å². The molecule has 3 heterocycles. The van der Waals surface area contributed by atoms with Gasteiger partial charge in [-0.1, -0.05) is 0 Å². The van der Waals surface area contributed by atoms with Crippen LogP contribution in [0.15, 0.2) is 18.5 Å². The van der Waals surface area contributed by atoms with Crippen molar-refractivity contribution in [2.75, 3.05) is 18.0 Å². The van der Waals surface area contributed by atoms with Gasteiger partial charge in [0.2, 0.25) is 0 Å². The highest BCUT2D eigenvalue weighted by atomic mass is 15.5. The van der Waals surface area contributed by atoms with E-state index in [0.29, 0.717) is 25.0 Å². The fourth-order valence-corrected chi connectivity index (χ4v) is 1.63. The van der Waals surface area contributed by atoms with Gasteiger partial charge in [0.15, 0.2) is 0 Å². The quantitative estimate of drug-likeness (QED) is 0.564. The van der Waals surface area contributed by atoms with E-state index in [4.69, 9.17) is 11.5 Å². The Balaban J connectivity index is 1.78. The van der Waals surface area contributed by atoms with Crippen LogP contribution in [-0.4, -0.2) is 48.9 Å². The van der Waals surface area contributed by atoms with E-state index in [-0.39, 0.29) is 0 Å². The molecule has 2 aromatic rings. The fourth-order valence-electron chi connectivity index (χ4n) is 1.63. The third-order valence-electron chi connectivity index (χ3n) is 2.42. The minimum atomic E-state index is -0.663. The van der Waals surface area contributed by atoms with Crippen molar-refractivity contribution in [1.82, 2.24) is 30.2 Å². The second-order valence-electron chi connectivity index (χ2n) is 4.04. The molecule has 0 amide bonds. The number of anilines is 1. The van der Waals surface area contributed by atoms with Gasteiger partial charge in [-0.2, -0.15) is 5.10 Å². The van der Waals surface area contributed by atoms with Gasteiger partial charge in [-0.05, 0) is 6.07 Å². The Morgan fingerprint density at radius 2 is 1.71 bits per heavy atom. The normalized spacial score (nSPS) is 17.9. The van der Waals surface area contributed by atoms with Gasteiger partial charge in [0, 0.05) is 12.4 Å². The highest BCUT2D eigenvalue weighted by Crippen LogP contribution is 2.17. The summed E-state index contributed by atoms with van der Waals surface area (Å²) < 4.78 is 1.48. The zero-order chi connectivity index (χ0) is 11.9. The molecular formula is C8H11N9. The first-order chi connectivity index (χ1) is 8.14. The van der Waals surface area contributed by atoms with E-state index in [1.807, 2.05) is 4.90 Å². The number of rotatable bonds is 2. The average Bonchev–Trinajstić information content (AvgIpc) is 2.79. The van der Waals surface area contributed by atoms with E-state index in [1.165, 1.54) is 4.68 Å². The summed E-state index contributed by atoms with van der Waals surface area (Å²) in [4.78, 5) is 1.81. The lowest BCUT2D eigenvalue weighted by Crippen LogP contribution is -2.73. The number of nitrogens with zero attached hydrogens (tertiary/aromatic N) is 7. The minimum absolute atomic E-state index is 0.325. The second kappa shape index (κ2) is 3.43. The van der Waals surface area contributed by atoms with Gasteiger partial charge in [0.05, 0.1) is 18.8 Å². The smallest absolute Gasteiger partial charge is 0.289 e. The summed E-state index contributed by atoms with van der Waals surface area (Å²) >= 11 is 0. The lowest BCUT2D eigenvalue weighted by Gasteiger charge is -2.44. The summed E-state index contributed by atoms with van der Waals surface area (Å²) in [5.41, 5.74) is 10.7. The zero-order valence-corrected chi connectivity index (χ0v) is 8.93. The second-order valence-corrected chi connectivity index (χ2v) is 4.04. The van der Waals surface area contributed by atoms with Gasteiger partial charge in [-0.3, -0.25) is 0 Å². The molecule has 88 valence electrons. The first-order valence-electron chi connectivity index (χ1n) is 5.04. The SMILES string of the molecule is NC1(N)CN(c2nnc(-n3cccn3)nn2)C1. The lowest BCUT2D eigenvalue weighted by atomic mass is 10.0. The molecule has 4 N–H and O–H groups in total. The molecule has 9 heteroatoms. The van der Waals surface area contributed by atoms with Crippen molar-refractivity contribution < 1.29 is 0 Å². The molecule has 0 bridgehead atoms. The lowest BCUT2D eigenvalue weighted by molar-refractivity contribution is 0.338. The first-order valence-corrected chi connectivity index (χ1v) is 5.04.